The molecule has 9 heteroatoms. The second kappa shape index (κ2) is 6.55. The number of nitrogen functional groups attached to an aromatic ring is 1. The molecular formula is C12H13N5O2S2. The van der Waals surface area contributed by atoms with Crippen molar-refractivity contribution in [1.29, 1.82) is 0 Å². The lowest BCUT2D eigenvalue weighted by Gasteiger charge is -2.12. The van der Waals surface area contributed by atoms with Gasteiger partial charge >= 0.3 is 0 Å². The SMILES string of the molecule is C[C@@H](Sc1nnc(N)s1)C(=O)Nc1ccccc1C(N)=O. The molecule has 21 heavy (non-hydrogen) atoms. The molecule has 1 aromatic heterocycles. The Morgan fingerprint density at radius 1 is 1.33 bits per heavy atom. The maximum Gasteiger partial charge on any atom is 0.250 e. The highest BCUT2D eigenvalue weighted by Gasteiger charge is 2.18. The minimum atomic E-state index is -0.594. The number of rotatable bonds is 5. The number of anilines is 2. The van der Waals surface area contributed by atoms with Gasteiger partial charge in [-0.2, -0.15) is 0 Å². The maximum absolute atomic E-state index is 12.1. The van der Waals surface area contributed by atoms with Crippen molar-refractivity contribution in [1.82, 2.24) is 10.2 Å². The molecule has 7 nitrogen and oxygen atoms in total. The lowest BCUT2D eigenvalue weighted by molar-refractivity contribution is -0.115. The Hall–Kier alpha value is -2.13. The first kappa shape index (κ1) is 15.3. The average Bonchev–Trinajstić information content (AvgIpc) is 2.84. The first-order valence-corrected chi connectivity index (χ1v) is 7.62. The van der Waals surface area contributed by atoms with Crippen LogP contribution < -0.4 is 16.8 Å². The van der Waals surface area contributed by atoms with Crippen molar-refractivity contribution < 1.29 is 9.59 Å². The van der Waals surface area contributed by atoms with Crippen LogP contribution >= 0.6 is 23.1 Å². The van der Waals surface area contributed by atoms with Gasteiger partial charge in [0.1, 0.15) is 0 Å². The molecule has 0 aliphatic rings. The third-order valence-corrected chi connectivity index (χ3v) is 4.46. The van der Waals surface area contributed by atoms with Gasteiger partial charge in [-0.3, -0.25) is 9.59 Å². The van der Waals surface area contributed by atoms with E-state index in [1.165, 1.54) is 23.1 Å². The number of nitrogens with zero attached hydrogens (tertiary/aromatic N) is 2. The second-order valence-corrected chi connectivity index (χ2v) is 6.66. The third kappa shape index (κ3) is 3.92. The lowest BCUT2D eigenvalue weighted by Crippen LogP contribution is -2.24. The molecule has 0 unspecified atom stereocenters. The molecule has 2 amide bonds. The zero-order chi connectivity index (χ0) is 15.4. The van der Waals surface area contributed by atoms with Crippen LogP contribution in [0.3, 0.4) is 0 Å². The Morgan fingerprint density at radius 3 is 2.67 bits per heavy atom. The quantitative estimate of drug-likeness (QED) is 0.713. The van der Waals surface area contributed by atoms with Gasteiger partial charge in [0.15, 0.2) is 4.34 Å². The van der Waals surface area contributed by atoms with Crippen molar-refractivity contribution in [2.24, 2.45) is 5.73 Å². The fourth-order valence-corrected chi connectivity index (χ4v) is 3.29. The number of amides is 2. The number of benzene rings is 1. The summed E-state index contributed by atoms with van der Waals surface area (Å²) in [6.45, 7) is 1.73. The molecule has 0 aliphatic heterocycles. The number of nitrogens with two attached hydrogens (primary N) is 2. The summed E-state index contributed by atoms with van der Waals surface area (Å²) < 4.78 is 0.610. The first-order chi connectivity index (χ1) is 9.97. The molecule has 0 spiro atoms. The molecule has 1 atom stereocenters. The predicted octanol–water partition coefficient (Wildman–Crippen LogP) is 1.34. The van der Waals surface area contributed by atoms with E-state index in [1.807, 2.05) is 0 Å². The van der Waals surface area contributed by atoms with Crippen molar-refractivity contribution >= 4 is 45.7 Å². The minimum absolute atomic E-state index is 0.262. The van der Waals surface area contributed by atoms with Crippen molar-refractivity contribution in [2.45, 2.75) is 16.5 Å². The van der Waals surface area contributed by atoms with Crippen LogP contribution in [0.5, 0.6) is 0 Å². The van der Waals surface area contributed by atoms with Crippen molar-refractivity contribution in [3.8, 4) is 0 Å². The zero-order valence-electron chi connectivity index (χ0n) is 11.1. The average molecular weight is 323 g/mol. The number of hydrogen-bond acceptors (Lipinski definition) is 7. The summed E-state index contributed by atoms with van der Waals surface area (Å²) in [5.74, 6) is -0.856. The Labute approximate surface area is 129 Å². The van der Waals surface area contributed by atoms with Gasteiger partial charge in [-0.05, 0) is 19.1 Å². The van der Waals surface area contributed by atoms with E-state index in [0.717, 1.165) is 0 Å². The largest absolute Gasteiger partial charge is 0.374 e. The molecule has 0 saturated carbocycles. The van der Waals surface area contributed by atoms with E-state index in [9.17, 15) is 9.59 Å². The Bertz CT molecular complexity index is 673. The molecule has 5 N–H and O–H groups in total. The molecule has 110 valence electrons. The Morgan fingerprint density at radius 2 is 2.05 bits per heavy atom. The summed E-state index contributed by atoms with van der Waals surface area (Å²) in [5, 5.41) is 10.1. The summed E-state index contributed by atoms with van der Waals surface area (Å²) in [7, 11) is 0. The Balaban J connectivity index is 2.05. The highest BCUT2D eigenvalue weighted by molar-refractivity contribution is 8.02. The monoisotopic (exact) mass is 323 g/mol. The van der Waals surface area contributed by atoms with Crippen LogP contribution in [0.25, 0.3) is 0 Å². The van der Waals surface area contributed by atoms with E-state index < -0.39 is 11.2 Å². The van der Waals surface area contributed by atoms with Gasteiger partial charge in [0.25, 0.3) is 5.91 Å². The van der Waals surface area contributed by atoms with E-state index in [0.29, 0.717) is 15.2 Å². The van der Waals surface area contributed by atoms with Crippen LogP contribution in [0.2, 0.25) is 0 Å². The van der Waals surface area contributed by atoms with Crippen LogP contribution in [0.15, 0.2) is 28.6 Å². The summed E-state index contributed by atoms with van der Waals surface area (Å²) in [6, 6.07) is 6.57. The normalized spacial score (nSPS) is 11.9. The number of para-hydroxylation sites is 1. The van der Waals surface area contributed by atoms with Crippen LogP contribution in [-0.2, 0) is 4.79 Å². The first-order valence-electron chi connectivity index (χ1n) is 5.92. The number of primary amides is 1. The molecule has 0 fully saturated rings. The summed E-state index contributed by atoms with van der Waals surface area (Å²) in [5.41, 5.74) is 11.4. The van der Waals surface area contributed by atoms with E-state index >= 15 is 0 Å². The van der Waals surface area contributed by atoms with E-state index in [1.54, 1.807) is 31.2 Å². The summed E-state index contributed by atoms with van der Waals surface area (Å²) in [6.07, 6.45) is 0. The molecule has 0 bridgehead atoms. The number of carbonyl (C=O) groups excluding carboxylic acids is 2. The van der Waals surface area contributed by atoms with Gasteiger partial charge in [0.05, 0.1) is 16.5 Å². The number of thioether (sulfide) groups is 1. The lowest BCUT2D eigenvalue weighted by atomic mass is 10.1. The third-order valence-electron chi connectivity index (χ3n) is 2.52. The summed E-state index contributed by atoms with van der Waals surface area (Å²) in [4.78, 5) is 23.4. The van der Waals surface area contributed by atoms with Crippen LogP contribution in [0, 0.1) is 0 Å². The molecule has 1 aromatic carbocycles. The minimum Gasteiger partial charge on any atom is -0.374 e. The van der Waals surface area contributed by atoms with Gasteiger partial charge in [0, 0.05) is 0 Å². The Kier molecular flexibility index (Phi) is 4.76. The molecule has 2 rings (SSSR count). The molecule has 0 aliphatic carbocycles. The second-order valence-electron chi connectivity index (χ2n) is 4.07. The van der Waals surface area contributed by atoms with Crippen LogP contribution in [0.1, 0.15) is 17.3 Å². The predicted molar refractivity (Wildman–Crippen MR) is 83.2 cm³/mol. The van der Waals surface area contributed by atoms with Gasteiger partial charge < -0.3 is 16.8 Å². The maximum atomic E-state index is 12.1. The van der Waals surface area contributed by atoms with E-state index in [4.69, 9.17) is 11.5 Å². The van der Waals surface area contributed by atoms with E-state index in [2.05, 4.69) is 15.5 Å². The molecule has 0 saturated heterocycles. The molecule has 2 aromatic rings. The topological polar surface area (TPSA) is 124 Å². The smallest absolute Gasteiger partial charge is 0.250 e. The van der Waals surface area contributed by atoms with Gasteiger partial charge in [-0.25, -0.2) is 0 Å². The van der Waals surface area contributed by atoms with Crippen LogP contribution in [0.4, 0.5) is 10.8 Å². The standard InChI is InChI=1S/C12H13N5O2S2/c1-6(20-12-17-16-11(14)21-12)10(19)15-8-5-3-2-4-7(8)9(13)18/h2-6H,1H3,(H2,13,18)(H2,14,16)(H,15,19)/t6-/m1/s1. The fraction of sp³-hybridized carbons (Fsp3) is 0.167. The van der Waals surface area contributed by atoms with Gasteiger partial charge in [-0.15, -0.1) is 10.2 Å². The number of nitrogens with one attached hydrogen (secondary N) is 1. The highest BCUT2D eigenvalue weighted by Crippen LogP contribution is 2.28. The highest BCUT2D eigenvalue weighted by atomic mass is 32.2. The van der Waals surface area contributed by atoms with Gasteiger partial charge in [0.2, 0.25) is 11.0 Å². The van der Waals surface area contributed by atoms with Crippen LogP contribution in [-0.4, -0.2) is 27.3 Å². The van der Waals surface area contributed by atoms with Crippen molar-refractivity contribution in [2.75, 3.05) is 11.1 Å². The molecular weight excluding hydrogens is 310 g/mol. The van der Waals surface area contributed by atoms with Crippen molar-refractivity contribution in [3.63, 3.8) is 0 Å². The number of hydrogen-bond donors (Lipinski definition) is 3. The number of aromatic nitrogens is 2. The molecule has 1 heterocycles. The fourth-order valence-electron chi connectivity index (χ4n) is 1.51. The zero-order valence-corrected chi connectivity index (χ0v) is 12.7. The summed E-state index contributed by atoms with van der Waals surface area (Å²) >= 11 is 2.45. The number of carbonyl (C=O) groups is 2. The van der Waals surface area contributed by atoms with Crippen molar-refractivity contribution in [3.05, 3.63) is 29.8 Å². The molecule has 0 radical (unpaired) electrons. The van der Waals surface area contributed by atoms with E-state index in [-0.39, 0.29) is 11.5 Å². The van der Waals surface area contributed by atoms with Gasteiger partial charge in [-0.1, -0.05) is 35.2 Å².